The second kappa shape index (κ2) is 15.7. The van der Waals surface area contributed by atoms with Gasteiger partial charge >= 0.3 is 12.1 Å². The van der Waals surface area contributed by atoms with Crippen molar-refractivity contribution in [2.45, 2.75) is 121 Å². The van der Waals surface area contributed by atoms with E-state index >= 15 is 4.39 Å². The second-order valence-electron chi connectivity index (χ2n) is 19.9. The molecule has 9 rings (SSSR count). The summed E-state index contributed by atoms with van der Waals surface area (Å²) < 4.78 is 35.8. The first-order valence-corrected chi connectivity index (χ1v) is 24.6. The van der Waals surface area contributed by atoms with Gasteiger partial charge in [0.15, 0.2) is 12.6 Å². The monoisotopic (exact) mass is 848 g/mol. The van der Waals surface area contributed by atoms with Crippen molar-refractivity contribution in [2.75, 3.05) is 51.6 Å². The molecule has 6 heterocycles. The molecule has 1 spiro atoms. The molecule has 1 amide bonds. The van der Waals surface area contributed by atoms with Gasteiger partial charge in [0.2, 0.25) is 0 Å². The van der Waals surface area contributed by atoms with E-state index < -0.39 is 20.0 Å². The van der Waals surface area contributed by atoms with Crippen LogP contribution in [0.3, 0.4) is 0 Å². The summed E-state index contributed by atoms with van der Waals surface area (Å²) in [5.41, 5.74) is 7.11. The van der Waals surface area contributed by atoms with Gasteiger partial charge in [0.25, 0.3) is 0 Å². The summed E-state index contributed by atoms with van der Waals surface area (Å²) in [4.78, 5) is 33.4. The lowest BCUT2D eigenvalue weighted by molar-refractivity contribution is 0.0512. The Kier molecular flexibility index (Phi) is 10.8. The minimum absolute atomic E-state index is 0.0244. The SMILES string of the molecule is COCOc1cc(-c2ncc3c(N4C[C@H]5CC[C@@H](C4)N5C(=O)O)nc(OCC45CC(C)CN4CC4(CC4)C5)nc3c2F)c2c(C#C[Si](C(C)C)(C(C)C)C(C)C)cccc2c1. The van der Waals surface area contributed by atoms with Crippen molar-refractivity contribution < 1.29 is 28.5 Å². The zero-order chi connectivity index (χ0) is 43.0. The molecule has 2 unspecified atom stereocenters. The number of amides is 1. The minimum atomic E-state index is -2.12. The van der Waals surface area contributed by atoms with Gasteiger partial charge in [-0.3, -0.25) is 14.8 Å². The zero-order valence-corrected chi connectivity index (χ0v) is 38.1. The van der Waals surface area contributed by atoms with Gasteiger partial charge in [0, 0.05) is 56.0 Å². The fraction of sp³-hybridized carbons (Fsp3) is 0.583. The number of hydrogen-bond acceptors (Lipinski definition) is 9. The number of benzene rings is 2. The van der Waals surface area contributed by atoms with Crippen molar-refractivity contribution in [2.24, 2.45) is 11.3 Å². The van der Waals surface area contributed by atoms with Crippen LogP contribution in [0.5, 0.6) is 11.8 Å². The highest BCUT2D eigenvalue weighted by Crippen LogP contribution is 2.61. The number of carboxylic acid groups (broad SMARTS) is 1. The maximum Gasteiger partial charge on any atom is 0.407 e. The maximum atomic E-state index is 17.9. The van der Waals surface area contributed by atoms with Crippen LogP contribution in [-0.4, -0.2) is 108 Å². The Labute approximate surface area is 360 Å². The van der Waals surface area contributed by atoms with Crippen LogP contribution < -0.4 is 14.4 Å². The van der Waals surface area contributed by atoms with Crippen LogP contribution >= 0.6 is 0 Å². The number of piperazine rings is 1. The molecule has 1 aliphatic carbocycles. The van der Waals surface area contributed by atoms with Crippen LogP contribution in [0.4, 0.5) is 15.0 Å². The molecule has 2 aromatic carbocycles. The van der Waals surface area contributed by atoms with Crippen molar-refractivity contribution in [1.82, 2.24) is 24.8 Å². The number of pyridine rings is 1. The minimum Gasteiger partial charge on any atom is -0.468 e. The summed E-state index contributed by atoms with van der Waals surface area (Å²) in [6.45, 7) is 19.6. The number of rotatable bonds is 11. The number of halogens is 1. The normalized spacial score (nSPS) is 24.4. The molecule has 0 radical (unpaired) electrons. The number of hydrogen-bond donors (Lipinski definition) is 1. The molecule has 4 saturated heterocycles. The molecular formula is C48H61FN6O5Si. The van der Waals surface area contributed by atoms with Gasteiger partial charge in [-0.25, -0.2) is 9.18 Å². The average molecular weight is 849 g/mol. The van der Waals surface area contributed by atoms with Gasteiger partial charge in [-0.15, -0.1) is 5.54 Å². The summed E-state index contributed by atoms with van der Waals surface area (Å²) >= 11 is 0. The van der Waals surface area contributed by atoms with E-state index in [1.54, 1.807) is 18.2 Å². The smallest absolute Gasteiger partial charge is 0.407 e. The third-order valence-corrected chi connectivity index (χ3v) is 21.4. The predicted molar refractivity (Wildman–Crippen MR) is 239 cm³/mol. The molecule has 61 heavy (non-hydrogen) atoms. The predicted octanol–water partition coefficient (Wildman–Crippen LogP) is 9.51. The highest BCUT2D eigenvalue weighted by molar-refractivity contribution is 6.90. The van der Waals surface area contributed by atoms with E-state index in [0.29, 0.717) is 70.2 Å². The number of aromatic nitrogens is 3. The van der Waals surface area contributed by atoms with Crippen molar-refractivity contribution in [3.63, 3.8) is 0 Å². The van der Waals surface area contributed by atoms with Crippen molar-refractivity contribution in [3.05, 3.63) is 47.9 Å². The quantitative estimate of drug-likeness (QED) is 0.0890. The van der Waals surface area contributed by atoms with E-state index in [-0.39, 0.29) is 41.6 Å². The van der Waals surface area contributed by atoms with E-state index in [1.807, 2.05) is 30.3 Å². The Balaban J connectivity index is 1.19. The molecule has 5 fully saturated rings. The molecule has 4 aliphatic heterocycles. The second-order valence-corrected chi connectivity index (χ2v) is 25.5. The fourth-order valence-electron chi connectivity index (χ4n) is 12.3. The number of ether oxygens (including phenoxy) is 3. The Bertz CT molecular complexity index is 2390. The standard InChI is InChI=1S/C48H61FN6O5Si/c1-29(2)61(30(3)4,31(5)6)17-14-33-10-9-11-34-18-37(60-28-58-8)19-38(40(33)34)42-41(49)43-39(21-50-42)44(53-23-35-12-13-36(24-53)55(35)46(56)57)52-45(51-43)59-27-48-20-32(7)22-54(48)26-47(25-48)15-16-47/h9-11,18-19,21,29-32,35-36H,12-13,15-16,20,22-28H2,1-8H3,(H,56,57)/t32?,35-,36+,48?. The number of nitrogens with zero attached hydrogens (tertiary/aromatic N) is 6. The molecule has 2 bridgehead atoms. The van der Waals surface area contributed by atoms with Crippen LogP contribution in [0.1, 0.15) is 92.6 Å². The summed E-state index contributed by atoms with van der Waals surface area (Å²) in [6.07, 6.45) is 6.97. The van der Waals surface area contributed by atoms with Gasteiger partial charge in [-0.1, -0.05) is 66.5 Å². The van der Waals surface area contributed by atoms with E-state index in [1.165, 1.54) is 12.8 Å². The average Bonchev–Trinajstić information content (AvgIpc) is 3.70. The van der Waals surface area contributed by atoms with Crippen LogP contribution in [-0.2, 0) is 4.74 Å². The Morgan fingerprint density at radius 3 is 2.39 bits per heavy atom. The number of carbonyl (C=O) groups is 1. The molecule has 1 saturated carbocycles. The summed E-state index contributed by atoms with van der Waals surface area (Å²) in [6, 6.07) is 9.53. The van der Waals surface area contributed by atoms with Gasteiger partial charge in [-0.05, 0) is 90.1 Å². The molecule has 4 aromatic rings. The Morgan fingerprint density at radius 1 is 1.02 bits per heavy atom. The molecule has 4 atom stereocenters. The molecule has 2 aromatic heterocycles. The Hall–Kier alpha value is -4.51. The summed E-state index contributed by atoms with van der Waals surface area (Å²) in [7, 11) is -0.548. The number of fused-ring (bicyclic) bond motifs is 5. The molecule has 11 nitrogen and oxygen atoms in total. The van der Waals surface area contributed by atoms with Crippen molar-refractivity contribution in [3.8, 4) is 34.5 Å². The number of methoxy groups -OCH3 is 1. The van der Waals surface area contributed by atoms with Crippen LogP contribution in [0, 0.1) is 28.6 Å². The molecule has 324 valence electrons. The number of anilines is 1. The Morgan fingerprint density at radius 2 is 1.74 bits per heavy atom. The molecular weight excluding hydrogens is 788 g/mol. The van der Waals surface area contributed by atoms with Crippen LogP contribution in [0.15, 0.2) is 36.5 Å². The van der Waals surface area contributed by atoms with E-state index in [2.05, 4.69) is 69.7 Å². The largest absolute Gasteiger partial charge is 0.468 e. The third-order valence-electron chi connectivity index (χ3n) is 15.1. The fourth-order valence-corrected chi connectivity index (χ4v) is 17.5. The first-order chi connectivity index (χ1) is 29.2. The van der Waals surface area contributed by atoms with Crippen molar-refractivity contribution >= 4 is 41.7 Å². The van der Waals surface area contributed by atoms with Crippen LogP contribution in [0.25, 0.3) is 32.9 Å². The van der Waals surface area contributed by atoms with E-state index in [4.69, 9.17) is 29.2 Å². The first-order valence-electron chi connectivity index (χ1n) is 22.4. The van der Waals surface area contributed by atoms with Crippen molar-refractivity contribution in [1.29, 1.82) is 0 Å². The first kappa shape index (κ1) is 41.8. The molecule has 5 aliphatic rings. The third kappa shape index (κ3) is 7.20. The van der Waals surface area contributed by atoms with Gasteiger partial charge in [0.1, 0.15) is 37.5 Å². The van der Waals surface area contributed by atoms with Gasteiger partial charge in [-0.2, -0.15) is 9.97 Å². The topological polar surface area (TPSA) is 113 Å². The van der Waals surface area contributed by atoms with E-state index in [0.717, 1.165) is 55.1 Å². The highest BCUT2D eigenvalue weighted by Gasteiger charge is 2.61. The maximum absolute atomic E-state index is 17.9. The van der Waals surface area contributed by atoms with Crippen LogP contribution in [0.2, 0.25) is 16.6 Å². The highest BCUT2D eigenvalue weighted by atomic mass is 28.3. The lowest BCUT2D eigenvalue weighted by Crippen LogP contribution is -2.55. The molecule has 1 N–H and O–H groups in total. The van der Waals surface area contributed by atoms with Gasteiger partial charge < -0.3 is 24.2 Å². The van der Waals surface area contributed by atoms with Gasteiger partial charge in [0.05, 0.1) is 23.0 Å². The lowest BCUT2D eigenvalue weighted by Gasteiger charge is -2.40. The lowest BCUT2D eigenvalue weighted by atomic mass is 9.87. The summed E-state index contributed by atoms with van der Waals surface area (Å²) in [5, 5.41) is 12.2. The van der Waals surface area contributed by atoms with E-state index in [9.17, 15) is 9.90 Å². The zero-order valence-electron chi connectivity index (χ0n) is 37.1. The molecule has 13 heteroatoms. The summed E-state index contributed by atoms with van der Waals surface area (Å²) in [5.74, 6) is 4.67.